The molecular weight excluding hydrogens is 400 g/mol. The number of halogens is 4. The molecule has 4 heteroatoms. The van der Waals surface area contributed by atoms with Gasteiger partial charge in [0.15, 0.2) is 6.17 Å². The predicted octanol–water partition coefficient (Wildman–Crippen LogP) is 8.58. The molecule has 0 spiro atoms. The third-order valence-electron chi connectivity index (χ3n) is 9.95. The summed E-state index contributed by atoms with van der Waals surface area (Å²) in [5.74, 6) is 3.25. The van der Waals surface area contributed by atoms with E-state index in [1.807, 2.05) is 0 Å². The molecule has 4 rings (SSSR count). The molecule has 0 saturated heterocycles. The Kier molecular flexibility index (Phi) is 8.29. The molecule has 4 aliphatic carbocycles. The summed E-state index contributed by atoms with van der Waals surface area (Å²) in [6.45, 7) is 2.30. The second-order valence-corrected chi connectivity index (χ2v) is 11.7. The van der Waals surface area contributed by atoms with Gasteiger partial charge in [0.1, 0.15) is 18.5 Å². The van der Waals surface area contributed by atoms with E-state index >= 15 is 4.39 Å². The molecule has 0 nitrogen and oxygen atoms in total. The van der Waals surface area contributed by atoms with Gasteiger partial charge in [0, 0.05) is 0 Å². The Bertz CT molecular complexity index is 525. The van der Waals surface area contributed by atoms with Gasteiger partial charge in [-0.3, -0.25) is 0 Å². The van der Waals surface area contributed by atoms with Crippen LogP contribution in [-0.4, -0.2) is 24.7 Å². The van der Waals surface area contributed by atoms with E-state index in [0.717, 1.165) is 30.6 Å². The average molecular weight is 445 g/mol. The summed E-state index contributed by atoms with van der Waals surface area (Å²) in [7, 11) is 0. The van der Waals surface area contributed by atoms with E-state index in [9.17, 15) is 13.2 Å². The van der Waals surface area contributed by atoms with Gasteiger partial charge in [-0.15, -0.1) is 0 Å². The molecule has 4 saturated carbocycles. The van der Waals surface area contributed by atoms with Crippen molar-refractivity contribution in [1.82, 2.24) is 0 Å². The highest BCUT2D eigenvalue weighted by Crippen LogP contribution is 2.49. The van der Waals surface area contributed by atoms with Crippen LogP contribution in [0.2, 0.25) is 0 Å². The first-order valence-corrected chi connectivity index (χ1v) is 13.5. The third-order valence-corrected chi connectivity index (χ3v) is 9.95. The highest BCUT2D eigenvalue weighted by Gasteiger charge is 2.46. The summed E-state index contributed by atoms with van der Waals surface area (Å²) in [6, 6.07) is 0. The van der Waals surface area contributed by atoms with Gasteiger partial charge in [-0.2, -0.15) is 0 Å². The van der Waals surface area contributed by atoms with Crippen molar-refractivity contribution in [3.63, 3.8) is 0 Å². The highest BCUT2D eigenvalue weighted by atomic mass is 19.2. The molecule has 0 radical (unpaired) electrons. The van der Waals surface area contributed by atoms with Crippen LogP contribution in [0.5, 0.6) is 0 Å². The van der Waals surface area contributed by atoms with E-state index in [1.165, 1.54) is 64.2 Å². The van der Waals surface area contributed by atoms with E-state index in [2.05, 4.69) is 6.92 Å². The third kappa shape index (κ3) is 5.62. The minimum atomic E-state index is -2.01. The molecule has 0 N–H and O–H groups in total. The largest absolute Gasteiger partial charge is 0.247 e. The number of hydrogen-bond donors (Lipinski definition) is 0. The zero-order chi connectivity index (χ0) is 22.0. The Labute approximate surface area is 187 Å². The van der Waals surface area contributed by atoms with Gasteiger partial charge in [0.25, 0.3) is 0 Å². The van der Waals surface area contributed by atoms with E-state index in [-0.39, 0.29) is 24.7 Å². The molecule has 0 bridgehead atoms. The van der Waals surface area contributed by atoms with Crippen LogP contribution in [0, 0.1) is 41.4 Å². The summed E-state index contributed by atoms with van der Waals surface area (Å²) >= 11 is 0. The van der Waals surface area contributed by atoms with E-state index < -0.39 is 24.7 Å². The molecule has 0 aromatic rings. The fourth-order valence-electron chi connectivity index (χ4n) is 8.08. The SMILES string of the molecule is CCCC1CCC(C2CCC(C3CCC(C4CC(F)C(F)C(F)C4)C(F)C3)CC2)CC1. The topological polar surface area (TPSA) is 0 Å². The molecule has 180 valence electrons. The lowest BCUT2D eigenvalue weighted by atomic mass is 9.62. The van der Waals surface area contributed by atoms with Crippen molar-refractivity contribution in [3.05, 3.63) is 0 Å². The summed E-state index contributed by atoms with van der Waals surface area (Å²) in [4.78, 5) is 0. The summed E-state index contributed by atoms with van der Waals surface area (Å²) in [5.41, 5.74) is 0. The fraction of sp³-hybridized carbons (Fsp3) is 1.00. The van der Waals surface area contributed by atoms with Crippen molar-refractivity contribution >= 4 is 0 Å². The lowest BCUT2D eigenvalue weighted by molar-refractivity contribution is -0.0292. The molecule has 0 aliphatic heterocycles. The van der Waals surface area contributed by atoms with Crippen molar-refractivity contribution in [3.8, 4) is 0 Å². The van der Waals surface area contributed by atoms with Crippen molar-refractivity contribution in [2.45, 2.75) is 128 Å². The van der Waals surface area contributed by atoms with Gasteiger partial charge in [0.05, 0.1) is 0 Å². The predicted molar refractivity (Wildman–Crippen MR) is 119 cm³/mol. The van der Waals surface area contributed by atoms with Crippen molar-refractivity contribution in [2.75, 3.05) is 0 Å². The van der Waals surface area contributed by atoms with Gasteiger partial charge in [-0.1, -0.05) is 32.6 Å². The monoisotopic (exact) mass is 444 g/mol. The van der Waals surface area contributed by atoms with Crippen LogP contribution < -0.4 is 0 Å². The minimum absolute atomic E-state index is 0.00293. The molecule has 31 heavy (non-hydrogen) atoms. The average Bonchev–Trinajstić information content (AvgIpc) is 2.78. The molecule has 4 aliphatic rings. The summed E-state index contributed by atoms with van der Waals surface area (Å²) < 4.78 is 56.3. The summed E-state index contributed by atoms with van der Waals surface area (Å²) in [6.07, 6.45) is 9.33. The molecule has 0 amide bonds. The highest BCUT2D eigenvalue weighted by molar-refractivity contribution is 4.95. The Morgan fingerprint density at radius 2 is 0.968 bits per heavy atom. The Morgan fingerprint density at radius 1 is 0.516 bits per heavy atom. The minimum Gasteiger partial charge on any atom is -0.247 e. The summed E-state index contributed by atoms with van der Waals surface area (Å²) in [5, 5.41) is 0. The zero-order valence-electron chi connectivity index (χ0n) is 19.5. The fourth-order valence-corrected chi connectivity index (χ4v) is 8.08. The lowest BCUT2D eigenvalue weighted by Gasteiger charge is -2.44. The van der Waals surface area contributed by atoms with Gasteiger partial charge < -0.3 is 0 Å². The number of hydrogen-bond acceptors (Lipinski definition) is 0. The maximum absolute atomic E-state index is 15.1. The van der Waals surface area contributed by atoms with Crippen molar-refractivity contribution in [2.24, 2.45) is 41.4 Å². The smallest absolute Gasteiger partial charge is 0.162 e. The lowest BCUT2D eigenvalue weighted by Crippen LogP contribution is -2.43. The van der Waals surface area contributed by atoms with Crippen LogP contribution in [0.25, 0.3) is 0 Å². The van der Waals surface area contributed by atoms with Crippen LogP contribution in [0.1, 0.15) is 103 Å². The first-order chi connectivity index (χ1) is 15.0. The number of rotatable bonds is 5. The molecule has 5 unspecified atom stereocenters. The maximum Gasteiger partial charge on any atom is 0.162 e. The standard InChI is InChI=1S/C27H44F4/c1-2-3-17-4-6-18(7-5-17)19-8-10-20(11-9-19)21-12-13-23(24(28)14-21)22-15-25(29)27(31)26(30)16-22/h17-27H,2-16H2,1H3. The molecule has 0 aromatic heterocycles. The van der Waals surface area contributed by atoms with Crippen LogP contribution in [0.15, 0.2) is 0 Å². The maximum atomic E-state index is 15.1. The van der Waals surface area contributed by atoms with E-state index in [0.29, 0.717) is 18.3 Å². The van der Waals surface area contributed by atoms with Crippen LogP contribution in [0.3, 0.4) is 0 Å². The first-order valence-electron chi connectivity index (χ1n) is 13.5. The van der Waals surface area contributed by atoms with Crippen LogP contribution >= 0.6 is 0 Å². The molecule has 0 heterocycles. The Morgan fingerprint density at radius 3 is 1.48 bits per heavy atom. The normalized spacial score (nSPS) is 49.6. The Hall–Kier alpha value is -0.280. The number of alkyl halides is 4. The van der Waals surface area contributed by atoms with Gasteiger partial charge in [0.2, 0.25) is 0 Å². The molecule has 0 aromatic carbocycles. The van der Waals surface area contributed by atoms with Crippen LogP contribution in [-0.2, 0) is 0 Å². The van der Waals surface area contributed by atoms with Crippen molar-refractivity contribution < 1.29 is 17.6 Å². The van der Waals surface area contributed by atoms with Gasteiger partial charge in [-0.25, -0.2) is 17.6 Å². The van der Waals surface area contributed by atoms with E-state index in [4.69, 9.17) is 0 Å². The van der Waals surface area contributed by atoms with Gasteiger partial charge >= 0.3 is 0 Å². The quantitative estimate of drug-likeness (QED) is 0.372. The van der Waals surface area contributed by atoms with Crippen LogP contribution in [0.4, 0.5) is 17.6 Å². The first kappa shape index (κ1) is 23.9. The second-order valence-electron chi connectivity index (χ2n) is 11.7. The van der Waals surface area contributed by atoms with Gasteiger partial charge in [-0.05, 0) is 112 Å². The van der Waals surface area contributed by atoms with Crippen molar-refractivity contribution in [1.29, 1.82) is 0 Å². The zero-order valence-corrected chi connectivity index (χ0v) is 19.5. The van der Waals surface area contributed by atoms with E-state index in [1.54, 1.807) is 0 Å². The molecule has 5 atom stereocenters. The Balaban J connectivity index is 1.21. The molecule has 4 fully saturated rings. The molecular formula is C27H44F4. The second kappa shape index (κ2) is 10.8.